The first-order valence-electron chi connectivity index (χ1n) is 9.77. The Bertz CT molecular complexity index is 486. The van der Waals surface area contributed by atoms with E-state index in [2.05, 4.69) is 55.3 Å². The number of hydrogen-bond acceptors (Lipinski definition) is 3. The van der Waals surface area contributed by atoms with Crippen molar-refractivity contribution in [1.82, 2.24) is 10.2 Å². The van der Waals surface area contributed by atoms with Crippen LogP contribution in [0.5, 0.6) is 5.75 Å². The molecule has 26 heavy (non-hydrogen) atoms. The van der Waals surface area contributed by atoms with Crippen molar-refractivity contribution < 1.29 is 4.74 Å². The van der Waals surface area contributed by atoms with Crippen LogP contribution in [0.15, 0.2) is 24.3 Å². The Labute approximate surface area is 172 Å². The lowest BCUT2D eigenvalue weighted by atomic mass is 9.80. The Morgan fingerprint density at radius 2 is 1.54 bits per heavy atom. The van der Waals surface area contributed by atoms with Crippen LogP contribution in [-0.4, -0.2) is 36.7 Å². The van der Waals surface area contributed by atoms with Gasteiger partial charge in [0.2, 0.25) is 0 Å². The van der Waals surface area contributed by atoms with Crippen LogP contribution in [0.4, 0.5) is 0 Å². The summed E-state index contributed by atoms with van der Waals surface area (Å²) in [6.07, 6.45) is 6.99. The van der Waals surface area contributed by atoms with Crippen LogP contribution in [0, 0.1) is 5.92 Å². The molecule has 2 aliphatic rings. The normalized spacial score (nSPS) is 20.6. The molecule has 150 valence electrons. The zero-order valence-corrected chi connectivity index (χ0v) is 18.1. The highest BCUT2D eigenvalue weighted by molar-refractivity contribution is 5.85. The van der Waals surface area contributed by atoms with Crippen LogP contribution in [0.2, 0.25) is 0 Å². The summed E-state index contributed by atoms with van der Waals surface area (Å²) in [4.78, 5) is 2.71. The Morgan fingerprint density at radius 1 is 0.962 bits per heavy atom. The number of rotatable bonds is 4. The molecule has 0 spiro atoms. The van der Waals surface area contributed by atoms with Crippen molar-refractivity contribution in [3.63, 3.8) is 0 Å². The van der Waals surface area contributed by atoms with Crippen molar-refractivity contribution >= 4 is 24.8 Å². The zero-order valence-electron chi connectivity index (χ0n) is 16.5. The third kappa shape index (κ3) is 6.60. The Balaban J connectivity index is 0.00000169. The average Bonchev–Trinajstić information content (AvgIpc) is 2.57. The lowest BCUT2D eigenvalue weighted by Gasteiger charge is -2.41. The van der Waals surface area contributed by atoms with Crippen LogP contribution in [0.25, 0.3) is 0 Å². The fourth-order valence-electron chi connectivity index (χ4n) is 4.28. The number of piperazine rings is 1. The molecule has 1 aliphatic carbocycles. The number of nitrogens with zero attached hydrogens (tertiary/aromatic N) is 1. The summed E-state index contributed by atoms with van der Waals surface area (Å²) < 4.78 is 6.00. The van der Waals surface area contributed by atoms with E-state index < -0.39 is 0 Å². The van der Waals surface area contributed by atoms with Crippen LogP contribution < -0.4 is 10.1 Å². The van der Waals surface area contributed by atoms with E-state index in [4.69, 9.17) is 4.74 Å². The van der Waals surface area contributed by atoms with Crippen molar-refractivity contribution in [2.24, 2.45) is 5.92 Å². The van der Waals surface area contributed by atoms with E-state index in [1.165, 1.54) is 50.8 Å². The van der Waals surface area contributed by atoms with Crippen LogP contribution in [0.1, 0.15) is 64.5 Å². The minimum absolute atomic E-state index is 0. The highest BCUT2D eigenvalue weighted by Gasteiger charge is 2.30. The Hall–Kier alpha value is -0.480. The number of nitrogens with one attached hydrogen (secondary N) is 1. The van der Waals surface area contributed by atoms with Gasteiger partial charge in [-0.1, -0.05) is 31.4 Å². The lowest BCUT2D eigenvalue weighted by Crippen LogP contribution is -2.47. The standard InChI is InChI=1S/C21H34N2O.2ClH/c1-21(2,3)24-19-11-9-18(10-12-19)20(17-7-5-4-6-8-17)23-15-13-22-14-16-23;;/h9-12,17,20,22H,4-8,13-16H2,1-3H3;2*1H/t20-;;/m0../s1. The summed E-state index contributed by atoms with van der Waals surface area (Å²) in [5.74, 6) is 1.79. The van der Waals surface area contributed by atoms with E-state index in [1.54, 1.807) is 0 Å². The van der Waals surface area contributed by atoms with E-state index in [0.717, 1.165) is 24.8 Å². The van der Waals surface area contributed by atoms with Crippen molar-refractivity contribution in [2.75, 3.05) is 26.2 Å². The second kappa shape index (κ2) is 10.8. The Kier molecular flexibility index (Phi) is 9.74. The topological polar surface area (TPSA) is 24.5 Å². The number of hydrogen-bond donors (Lipinski definition) is 1. The predicted molar refractivity (Wildman–Crippen MR) is 115 cm³/mol. The first kappa shape index (κ1) is 23.6. The summed E-state index contributed by atoms with van der Waals surface area (Å²) in [7, 11) is 0. The summed E-state index contributed by atoms with van der Waals surface area (Å²) >= 11 is 0. The quantitative estimate of drug-likeness (QED) is 0.745. The first-order valence-corrected chi connectivity index (χ1v) is 9.77. The fourth-order valence-corrected chi connectivity index (χ4v) is 4.28. The molecule has 5 heteroatoms. The molecule has 1 saturated heterocycles. The molecule has 1 N–H and O–H groups in total. The Morgan fingerprint density at radius 3 is 2.08 bits per heavy atom. The summed E-state index contributed by atoms with van der Waals surface area (Å²) in [5, 5.41) is 3.50. The van der Waals surface area contributed by atoms with Gasteiger partial charge in [0.1, 0.15) is 11.4 Å². The van der Waals surface area contributed by atoms with Crippen LogP contribution in [0.3, 0.4) is 0 Å². The zero-order chi connectivity index (χ0) is 17.0. The third-order valence-electron chi connectivity index (χ3n) is 5.29. The SMILES string of the molecule is CC(C)(C)Oc1ccc([C@H](C2CCCCC2)N2CCNCC2)cc1.Cl.Cl. The molecule has 0 unspecified atom stereocenters. The van der Waals surface area contributed by atoms with Gasteiger partial charge < -0.3 is 10.1 Å². The van der Waals surface area contributed by atoms with E-state index in [9.17, 15) is 0 Å². The molecule has 0 bridgehead atoms. The van der Waals surface area contributed by atoms with Gasteiger partial charge in [0, 0.05) is 32.2 Å². The summed E-state index contributed by atoms with van der Waals surface area (Å²) in [6.45, 7) is 10.9. The van der Waals surface area contributed by atoms with Gasteiger partial charge in [0.15, 0.2) is 0 Å². The highest BCUT2D eigenvalue weighted by atomic mass is 35.5. The summed E-state index contributed by atoms with van der Waals surface area (Å²) in [6, 6.07) is 9.53. The van der Waals surface area contributed by atoms with Crippen molar-refractivity contribution in [2.45, 2.75) is 64.5 Å². The van der Waals surface area contributed by atoms with Gasteiger partial charge in [0.05, 0.1) is 0 Å². The predicted octanol–water partition coefficient (Wildman–Crippen LogP) is 5.23. The molecule has 0 amide bonds. The maximum atomic E-state index is 6.00. The van der Waals surface area contributed by atoms with Gasteiger partial charge in [-0.3, -0.25) is 4.90 Å². The van der Waals surface area contributed by atoms with Gasteiger partial charge in [-0.05, 0) is 57.2 Å². The van der Waals surface area contributed by atoms with Gasteiger partial charge in [-0.2, -0.15) is 0 Å². The van der Waals surface area contributed by atoms with Gasteiger partial charge >= 0.3 is 0 Å². The molecule has 1 atom stereocenters. The van der Waals surface area contributed by atoms with Gasteiger partial charge in [0.25, 0.3) is 0 Å². The maximum absolute atomic E-state index is 6.00. The molecular formula is C21H36Cl2N2O. The largest absolute Gasteiger partial charge is 0.488 e. The molecular weight excluding hydrogens is 367 g/mol. The molecule has 2 fully saturated rings. The second-order valence-corrected chi connectivity index (χ2v) is 8.41. The van der Waals surface area contributed by atoms with Crippen LogP contribution >= 0.6 is 24.8 Å². The number of benzene rings is 1. The monoisotopic (exact) mass is 402 g/mol. The molecule has 1 saturated carbocycles. The highest BCUT2D eigenvalue weighted by Crippen LogP contribution is 2.39. The molecule has 3 nitrogen and oxygen atoms in total. The molecule has 1 heterocycles. The van der Waals surface area contributed by atoms with E-state index in [-0.39, 0.29) is 30.4 Å². The molecule has 1 aromatic carbocycles. The molecule has 3 rings (SSSR count). The molecule has 1 aromatic rings. The van der Waals surface area contributed by atoms with Crippen molar-refractivity contribution in [1.29, 1.82) is 0 Å². The maximum Gasteiger partial charge on any atom is 0.120 e. The summed E-state index contributed by atoms with van der Waals surface area (Å²) in [5.41, 5.74) is 1.34. The van der Waals surface area contributed by atoms with E-state index >= 15 is 0 Å². The molecule has 0 radical (unpaired) electrons. The van der Waals surface area contributed by atoms with E-state index in [0.29, 0.717) is 6.04 Å². The molecule has 0 aromatic heterocycles. The average molecular weight is 403 g/mol. The van der Waals surface area contributed by atoms with Crippen LogP contribution in [-0.2, 0) is 0 Å². The minimum Gasteiger partial charge on any atom is -0.488 e. The number of halogens is 2. The van der Waals surface area contributed by atoms with Gasteiger partial charge in [-0.25, -0.2) is 0 Å². The lowest BCUT2D eigenvalue weighted by molar-refractivity contribution is 0.103. The first-order chi connectivity index (χ1) is 11.5. The fraction of sp³-hybridized carbons (Fsp3) is 0.714. The molecule has 1 aliphatic heterocycles. The van der Waals surface area contributed by atoms with E-state index in [1.807, 2.05) is 0 Å². The van der Waals surface area contributed by atoms with Gasteiger partial charge in [-0.15, -0.1) is 24.8 Å². The number of ether oxygens (including phenoxy) is 1. The smallest absolute Gasteiger partial charge is 0.120 e. The van der Waals surface area contributed by atoms with Crippen molar-refractivity contribution in [3.8, 4) is 5.75 Å². The minimum atomic E-state index is -0.136. The van der Waals surface area contributed by atoms with Crippen molar-refractivity contribution in [3.05, 3.63) is 29.8 Å². The third-order valence-corrected chi connectivity index (χ3v) is 5.29. The second-order valence-electron chi connectivity index (χ2n) is 8.41.